The molecule has 1 aliphatic rings. The monoisotopic (exact) mass is 452 g/mol. The van der Waals surface area contributed by atoms with Crippen LogP contribution in [-0.4, -0.2) is 32.8 Å². The van der Waals surface area contributed by atoms with E-state index in [4.69, 9.17) is 0 Å². The molecule has 2 N–H and O–H groups in total. The van der Waals surface area contributed by atoms with Gasteiger partial charge < -0.3 is 5.11 Å². The predicted octanol–water partition coefficient (Wildman–Crippen LogP) is 3.95. The number of nitrogens with zero attached hydrogens (tertiary/aromatic N) is 1. The van der Waals surface area contributed by atoms with Crippen molar-refractivity contribution in [3.05, 3.63) is 26.6 Å². The Hall–Kier alpha value is -0.180. The quantitative estimate of drug-likeness (QED) is 0.535. The Morgan fingerprint density at radius 2 is 2.14 bits per heavy atom. The molecule has 1 aromatic rings. The van der Waals surface area contributed by atoms with E-state index in [1.807, 2.05) is 23.5 Å². The van der Waals surface area contributed by atoms with Gasteiger partial charge in [-0.3, -0.25) is 4.79 Å². The summed E-state index contributed by atoms with van der Waals surface area (Å²) < 4.78 is 1.32. The van der Waals surface area contributed by atoms with Gasteiger partial charge in [0, 0.05) is 21.5 Å². The maximum absolute atomic E-state index is 11.9. The molecule has 2 rings (SSSR count). The number of amides is 1. The lowest BCUT2D eigenvalue weighted by Crippen LogP contribution is -2.26. The topological polar surface area (TPSA) is 61.7 Å². The summed E-state index contributed by atoms with van der Waals surface area (Å²) in [4.78, 5) is 11.9. The van der Waals surface area contributed by atoms with Gasteiger partial charge >= 0.3 is 0 Å². The number of phenols is 1. The summed E-state index contributed by atoms with van der Waals surface area (Å²) in [5.41, 5.74) is 3.03. The Labute approximate surface area is 148 Å². The third-order valence-electron chi connectivity index (χ3n) is 2.83. The van der Waals surface area contributed by atoms with E-state index < -0.39 is 0 Å². The summed E-state index contributed by atoms with van der Waals surface area (Å²) in [7, 11) is 0. The molecule has 0 aromatic heterocycles. The van der Waals surface area contributed by atoms with E-state index in [-0.39, 0.29) is 15.7 Å². The number of phenolic OH excluding ortho intramolecular Hbond substituents is 1. The first-order chi connectivity index (χ1) is 9.89. The molecule has 1 saturated heterocycles. The smallest absolute Gasteiger partial charge is 0.242 e. The molecule has 1 heterocycles. The molecule has 0 aliphatic carbocycles. The lowest BCUT2D eigenvalue weighted by Gasteiger charge is -2.19. The lowest BCUT2D eigenvalue weighted by molar-refractivity contribution is -0.121. The number of thioether (sulfide) groups is 2. The Bertz CT molecular complexity index is 576. The molecule has 0 unspecified atom stereocenters. The van der Waals surface area contributed by atoms with E-state index in [0.717, 1.165) is 16.0 Å². The largest absolute Gasteiger partial charge is 0.506 e. The molecule has 8 heteroatoms. The van der Waals surface area contributed by atoms with E-state index in [1.165, 1.54) is 6.21 Å². The van der Waals surface area contributed by atoms with Crippen LogP contribution in [0.25, 0.3) is 0 Å². The zero-order valence-corrected chi connectivity index (χ0v) is 16.0. The van der Waals surface area contributed by atoms with Gasteiger partial charge in [0.15, 0.2) is 0 Å². The van der Waals surface area contributed by atoms with Crippen LogP contribution in [0.2, 0.25) is 0 Å². The average molecular weight is 454 g/mol. The second-order valence-electron chi connectivity index (χ2n) is 4.63. The molecular formula is C13H14Br2N2O2S2. The van der Waals surface area contributed by atoms with Crippen LogP contribution in [0.5, 0.6) is 5.75 Å². The minimum absolute atomic E-state index is 0.0550. The number of benzene rings is 1. The number of carbonyl (C=O) groups is 1. The number of nitrogens with one attached hydrogen (secondary N) is 1. The van der Waals surface area contributed by atoms with Crippen molar-refractivity contribution in [2.75, 3.05) is 11.5 Å². The van der Waals surface area contributed by atoms with E-state index in [1.54, 1.807) is 12.1 Å². The molecule has 0 radical (unpaired) electrons. The minimum Gasteiger partial charge on any atom is -0.506 e. The molecule has 1 aliphatic heterocycles. The highest BCUT2D eigenvalue weighted by molar-refractivity contribution is 9.11. The molecule has 21 heavy (non-hydrogen) atoms. The van der Waals surface area contributed by atoms with Crippen LogP contribution in [0.15, 0.2) is 26.2 Å². The van der Waals surface area contributed by atoms with Gasteiger partial charge in [-0.1, -0.05) is 15.9 Å². The first-order valence-corrected chi connectivity index (χ1v) is 9.73. The first-order valence-electron chi connectivity index (χ1n) is 6.17. The zero-order valence-electron chi connectivity index (χ0n) is 11.2. The molecule has 1 amide bonds. The van der Waals surface area contributed by atoms with Crippen LogP contribution in [0.4, 0.5) is 0 Å². The van der Waals surface area contributed by atoms with Crippen LogP contribution < -0.4 is 5.43 Å². The molecule has 0 atom stereocenters. The maximum atomic E-state index is 11.9. The Kier molecular flexibility index (Phi) is 6.05. The molecular weight excluding hydrogens is 440 g/mol. The van der Waals surface area contributed by atoms with Gasteiger partial charge in [-0.2, -0.15) is 5.10 Å². The maximum Gasteiger partial charge on any atom is 0.242 e. The van der Waals surface area contributed by atoms with Crippen molar-refractivity contribution < 1.29 is 9.90 Å². The van der Waals surface area contributed by atoms with Gasteiger partial charge in [0.2, 0.25) is 5.91 Å². The number of hydrogen-bond acceptors (Lipinski definition) is 5. The number of rotatable bonds is 4. The third-order valence-corrected chi connectivity index (χ3v) is 7.18. The van der Waals surface area contributed by atoms with E-state index in [9.17, 15) is 9.90 Å². The molecule has 4 nitrogen and oxygen atoms in total. The average Bonchev–Trinajstić information content (AvgIpc) is 2.81. The van der Waals surface area contributed by atoms with Crippen molar-refractivity contribution >= 4 is 67.5 Å². The molecule has 0 bridgehead atoms. The van der Waals surface area contributed by atoms with Gasteiger partial charge in [-0.25, -0.2) is 5.43 Å². The summed E-state index contributed by atoms with van der Waals surface area (Å²) in [5.74, 6) is 2.13. The predicted molar refractivity (Wildman–Crippen MR) is 97.2 cm³/mol. The zero-order chi connectivity index (χ0) is 15.5. The van der Waals surface area contributed by atoms with E-state index in [0.29, 0.717) is 16.5 Å². The van der Waals surface area contributed by atoms with Crippen LogP contribution in [-0.2, 0) is 4.79 Å². The van der Waals surface area contributed by atoms with Gasteiger partial charge in [-0.15, -0.1) is 23.5 Å². The Morgan fingerprint density at radius 3 is 2.81 bits per heavy atom. The lowest BCUT2D eigenvalue weighted by atomic mass is 10.2. The van der Waals surface area contributed by atoms with Gasteiger partial charge in [0.25, 0.3) is 0 Å². The fourth-order valence-corrected chi connectivity index (χ4v) is 5.94. The second-order valence-corrected chi connectivity index (χ2v) is 9.85. The highest BCUT2D eigenvalue weighted by atomic mass is 79.9. The highest BCUT2D eigenvalue weighted by Gasteiger charge is 2.32. The van der Waals surface area contributed by atoms with Gasteiger partial charge in [0.1, 0.15) is 5.75 Å². The minimum atomic E-state index is -0.121. The Balaban J connectivity index is 1.95. The van der Waals surface area contributed by atoms with Crippen molar-refractivity contribution in [3.63, 3.8) is 0 Å². The number of hydrogen-bond donors (Lipinski definition) is 2. The van der Waals surface area contributed by atoms with Crippen molar-refractivity contribution in [1.29, 1.82) is 0 Å². The summed E-state index contributed by atoms with van der Waals surface area (Å²) in [6.07, 6.45) is 1.86. The fourth-order valence-electron chi connectivity index (χ4n) is 1.85. The summed E-state index contributed by atoms with van der Waals surface area (Å²) >= 11 is 10.2. The molecule has 1 fully saturated rings. The summed E-state index contributed by atoms with van der Waals surface area (Å²) in [6, 6.07) is 3.46. The van der Waals surface area contributed by atoms with Crippen molar-refractivity contribution in [1.82, 2.24) is 5.43 Å². The summed E-state index contributed by atoms with van der Waals surface area (Å²) in [6.45, 7) is 2.08. The molecule has 0 spiro atoms. The van der Waals surface area contributed by atoms with Gasteiger partial charge in [0.05, 0.1) is 21.2 Å². The van der Waals surface area contributed by atoms with E-state index >= 15 is 0 Å². The number of hydrazone groups is 1. The summed E-state index contributed by atoms with van der Waals surface area (Å²) in [5, 5.41) is 13.8. The Morgan fingerprint density at radius 1 is 1.48 bits per heavy atom. The molecule has 114 valence electrons. The normalized spacial score (nSPS) is 17.3. The first kappa shape index (κ1) is 17.2. The standard InChI is InChI=1S/C13H14Br2N2O2S2/c1-13(20-2-3-21-13)6-11(18)17-16-7-8-4-9(14)5-10(15)12(8)19/h4-5,7,19H,2-3,6H2,1H3,(H,17,18)/b16-7+. The van der Waals surface area contributed by atoms with Crippen LogP contribution in [0, 0.1) is 0 Å². The van der Waals surface area contributed by atoms with E-state index in [2.05, 4.69) is 49.3 Å². The molecule has 0 saturated carbocycles. The number of carbonyl (C=O) groups excluding carboxylic acids is 1. The molecule has 1 aromatic carbocycles. The fraction of sp³-hybridized carbons (Fsp3) is 0.385. The van der Waals surface area contributed by atoms with Crippen LogP contribution >= 0.6 is 55.4 Å². The number of aromatic hydroxyl groups is 1. The van der Waals surface area contributed by atoms with Crippen LogP contribution in [0.1, 0.15) is 18.9 Å². The number of halogens is 2. The van der Waals surface area contributed by atoms with Crippen LogP contribution in [0.3, 0.4) is 0 Å². The highest BCUT2D eigenvalue weighted by Crippen LogP contribution is 2.45. The van der Waals surface area contributed by atoms with Crippen molar-refractivity contribution in [2.45, 2.75) is 17.4 Å². The third kappa shape index (κ3) is 4.91. The second kappa shape index (κ2) is 7.39. The van der Waals surface area contributed by atoms with Crippen molar-refractivity contribution in [2.24, 2.45) is 5.10 Å². The van der Waals surface area contributed by atoms with Gasteiger partial charge in [-0.05, 0) is 35.0 Å². The van der Waals surface area contributed by atoms with Crippen molar-refractivity contribution in [3.8, 4) is 5.75 Å². The SMILES string of the molecule is CC1(CC(=O)N/N=C/c2cc(Br)cc(Br)c2O)SCCS1.